The van der Waals surface area contributed by atoms with Crippen LogP contribution in [0.5, 0.6) is 0 Å². The zero-order valence-electron chi connectivity index (χ0n) is 26.5. The smallest absolute Gasteiger partial charge is 0.418 e. The number of carboxylic acids is 1. The third kappa shape index (κ3) is 5.61. The molecular weight excluding hydrogens is 616 g/mol. The van der Waals surface area contributed by atoms with E-state index in [-0.39, 0.29) is 19.6 Å². The second-order valence-electron chi connectivity index (χ2n) is 12.5. The lowest BCUT2D eigenvalue weighted by atomic mass is 10.0. The highest BCUT2D eigenvalue weighted by Crippen LogP contribution is 2.39. The summed E-state index contributed by atoms with van der Waals surface area (Å²) in [6.45, 7) is 0.108. The number of ether oxygens (including phenoxy) is 2. The number of alkyl carbamates (subject to hydrolysis) is 1. The van der Waals surface area contributed by atoms with E-state index in [1.807, 2.05) is 60.7 Å². The molecule has 8 rings (SSSR count). The maximum atomic E-state index is 13.5. The SMILES string of the molecule is O=C(N[C@H](Cc1cn(C(=O)OCc2cccc3c2Cc2ccccc2-3)c2ccccc12)C(=O)O)OCc1cccc2c1Cc1ccccc1-2. The Kier molecular flexibility index (Phi) is 7.68. The van der Waals surface area contributed by atoms with Crippen LogP contribution in [0.4, 0.5) is 9.59 Å². The van der Waals surface area contributed by atoms with Gasteiger partial charge >= 0.3 is 18.2 Å². The van der Waals surface area contributed by atoms with Gasteiger partial charge in [-0.25, -0.2) is 14.4 Å². The normalized spacial score (nSPS) is 12.8. The summed E-state index contributed by atoms with van der Waals surface area (Å²) in [5.74, 6) is -1.22. The number of rotatable bonds is 8. The first kappa shape index (κ1) is 30.2. The van der Waals surface area contributed by atoms with Crippen molar-refractivity contribution in [3.8, 4) is 22.3 Å². The van der Waals surface area contributed by atoms with E-state index in [4.69, 9.17) is 9.47 Å². The predicted octanol–water partition coefficient (Wildman–Crippen LogP) is 7.89. The highest BCUT2D eigenvalue weighted by molar-refractivity contribution is 5.93. The molecule has 0 bridgehead atoms. The summed E-state index contributed by atoms with van der Waals surface area (Å²) in [6, 6.07) is 34.4. The first-order valence-electron chi connectivity index (χ1n) is 16.2. The molecule has 49 heavy (non-hydrogen) atoms. The Morgan fingerprint density at radius 3 is 1.84 bits per heavy atom. The zero-order valence-corrected chi connectivity index (χ0v) is 26.5. The zero-order chi connectivity index (χ0) is 33.5. The van der Waals surface area contributed by atoms with E-state index in [2.05, 4.69) is 41.7 Å². The average molecular weight is 649 g/mol. The number of hydrogen-bond donors (Lipinski definition) is 2. The first-order chi connectivity index (χ1) is 23.9. The molecule has 0 aliphatic heterocycles. The fourth-order valence-electron chi connectivity index (χ4n) is 7.24. The van der Waals surface area contributed by atoms with Crippen molar-refractivity contribution in [2.45, 2.75) is 38.5 Å². The van der Waals surface area contributed by atoms with Crippen molar-refractivity contribution in [1.29, 1.82) is 0 Å². The summed E-state index contributed by atoms with van der Waals surface area (Å²) >= 11 is 0. The van der Waals surface area contributed by atoms with Gasteiger partial charge in [-0.15, -0.1) is 0 Å². The van der Waals surface area contributed by atoms with Gasteiger partial charge in [0.05, 0.1) is 5.52 Å². The average Bonchev–Trinajstić information content (AvgIpc) is 3.81. The van der Waals surface area contributed by atoms with Crippen molar-refractivity contribution >= 4 is 29.1 Å². The maximum absolute atomic E-state index is 13.5. The molecule has 6 aromatic rings. The molecule has 2 N–H and O–H groups in total. The standard InChI is InChI=1S/C41H32N2O6/c44-39(45)37(42-40(46)48-23-27-11-7-16-33-30-13-3-1-9-25(30)19-35(27)33)21-29-22-43(38-18-6-5-15-32(29)38)41(47)49-24-28-12-8-17-34-31-14-4-2-10-26(31)20-36(28)34/h1-18,22,37H,19-21,23-24H2,(H,42,46)(H,44,45)/t37-/m1/s1. The summed E-state index contributed by atoms with van der Waals surface area (Å²) < 4.78 is 12.8. The van der Waals surface area contributed by atoms with Gasteiger partial charge in [0.25, 0.3) is 0 Å². The Hall–Kier alpha value is -6.15. The second-order valence-corrected chi connectivity index (χ2v) is 12.5. The molecule has 0 unspecified atom stereocenters. The van der Waals surface area contributed by atoms with Crippen LogP contribution in [0.1, 0.15) is 38.9 Å². The van der Waals surface area contributed by atoms with Crippen LogP contribution in [0.2, 0.25) is 0 Å². The molecule has 1 aromatic heterocycles. The Balaban J connectivity index is 0.954. The number of carbonyl (C=O) groups excluding carboxylic acids is 2. The van der Waals surface area contributed by atoms with Crippen molar-refractivity contribution in [3.63, 3.8) is 0 Å². The molecule has 0 saturated heterocycles. The van der Waals surface area contributed by atoms with Gasteiger partial charge in [-0.1, -0.05) is 103 Å². The number of aliphatic carboxylic acids is 1. The van der Waals surface area contributed by atoms with E-state index in [0.29, 0.717) is 16.5 Å². The quantitative estimate of drug-likeness (QED) is 0.174. The molecule has 242 valence electrons. The molecule has 1 heterocycles. The number of nitrogens with zero attached hydrogens (tertiary/aromatic N) is 1. The van der Waals surface area contributed by atoms with Gasteiger partial charge in [0.1, 0.15) is 19.3 Å². The summed E-state index contributed by atoms with van der Waals surface area (Å²) in [6.07, 6.45) is 1.65. The van der Waals surface area contributed by atoms with E-state index in [9.17, 15) is 19.5 Å². The van der Waals surface area contributed by atoms with Crippen molar-refractivity contribution in [1.82, 2.24) is 9.88 Å². The molecule has 0 radical (unpaired) electrons. The largest absolute Gasteiger partial charge is 0.480 e. The van der Waals surface area contributed by atoms with Crippen LogP contribution in [0, 0.1) is 0 Å². The molecule has 1 amide bonds. The molecule has 2 aliphatic rings. The molecule has 8 heteroatoms. The number of carboxylic acid groups (broad SMARTS) is 1. The Bertz CT molecular complexity index is 2290. The Morgan fingerprint density at radius 1 is 0.653 bits per heavy atom. The number of benzene rings is 5. The van der Waals surface area contributed by atoms with E-state index < -0.39 is 24.2 Å². The van der Waals surface area contributed by atoms with Gasteiger partial charge in [-0.05, 0) is 80.1 Å². The lowest BCUT2D eigenvalue weighted by Gasteiger charge is -2.15. The molecule has 0 saturated carbocycles. The topological polar surface area (TPSA) is 107 Å². The van der Waals surface area contributed by atoms with Crippen LogP contribution in [0.3, 0.4) is 0 Å². The number of fused-ring (bicyclic) bond motifs is 7. The van der Waals surface area contributed by atoms with E-state index in [1.165, 1.54) is 26.8 Å². The minimum absolute atomic E-state index is 0.0111. The number of aromatic nitrogens is 1. The van der Waals surface area contributed by atoms with Gasteiger partial charge in [-0.2, -0.15) is 0 Å². The Morgan fingerprint density at radius 2 is 1.20 bits per heavy atom. The molecule has 2 aliphatic carbocycles. The number of amides is 1. The fraction of sp³-hybridized carbons (Fsp3) is 0.146. The van der Waals surface area contributed by atoms with Crippen LogP contribution < -0.4 is 5.32 Å². The number of carbonyl (C=O) groups is 3. The van der Waals surface area contributed by atoms with Gasteiger partial charge in [-0.3, -0.25) is 4.57 Å². The minimum atomic E-state index is -1.29. The van der Waals surface area contributed by atoms with Crippen molar-refractivity contribution in [2.24, 2.45) is 0 Å². The van der Waals surface area contributed by atoms with Crippen LogP contribution in [-0.4, -0.2) is 33.9 Å². The number of nitrogens with one attached hydrogen (secondary N) is 1. The molecule has 0 fully saturated rings. The van der Waals surface area contributed by atoms with Crippen molar-refractivity contribution in [2.75, 3.05) is 0 Å². The third-order valence-corrected chi connectivity index (χ3v) is 9.61. The predicted molar refractivity (Wildman–Crippen MR) is 185 cm³/mol. The van der Waals surface area contributed by atoms with Crippen LogP contribution in [0.15, 0.2) is 115 Å². The van der Waals surface area contributed by atoms with E-state index >= 15 is 0 Å². The van der Waals surface area contributed by atoms with Gasteiger partial charge in [0.15, 0.2) is 0 Å². The summed E-state index contributed by atoms with van der Waals surface area (Å²) in [7, 11) is 0. The monoisotopic (exact) mass is 648 g/mol. The van der Waals surface area contributed by atoms with Crippen molar-refractivity contribution < 1.29 is 29.0 Å². The van der Waals surface area contributed by atoms with Gasteiger partial charge in [0.2, 0.25) is 0 Å². The van der Waals surface area contributed by atoms with Crippen LogP contribution >= 0.6 is 0 Å². The summed E-state index contributed by atoms with van der Waals surface area (Å²) in [5, 5.41) is 13.3. The first-order valence-corrected chi connectivity index (χ1v) is 16.2. The molecule has 0 spiro atoms. The molecule has 5 aromatic carbocycles. The number of para-hydroxylation sites is 1. The van der Waals surface area contributed by atoms with Gasteiger partial charge < -0.3 is 19.9 Å². The van der Waals surface area contributed by atoms with E-state index in [0.717, 1.165) is 46.2 Å². The van der Waals surface area contributed by atoms with E-state index in [1.54, 1.807) is 18.3 Å². The highest BCUT2D eigenvalue weighted by Gasteiger charge is 2.26. The van der Waals surface area contributed by atoms with Crippen LogP contribution in [-0.2, 0) is 46.7 Å². The Labute approximate surface area is 282 Å². The molecular formula is C41H32N2O6. The third-order valence-electron chi connectivity index (χ3n) is 9.61. The minimum Gasteiger partial charge on any atom is -0.480 e. The summed E-state index contributed by atoms with van der Waals surface area (Å²) in [5.41, 5.74) is 12.4. The molecule has 8 nitrogen and oxygen atoms in total. The van der Waals surface area contributed by atoms with Crippen molar-refractivity contribution in [3.05, 3.63) is 154 Å². The summed E-state index contributed by atoms with van der Waals surface area (Å²) in [4.78, 5) is 38.7. The maximum Gasteiger partial charge on any atom is 0.418 e. The second kappa shape index (κ2) is 12.5. The lowest BCUT2D eigenvalue weighted by molar-refractivity contribution is -0.139. The highest BCUT2D eigenvalue weighted by atomic mass is 16.6. The lowest BCUT2D eigenvalue weighted by Crippen LogP contribution is -2.42. The number of hydrogen-bond acceptors (Lipinski definition) is 5. The van der Waals surface area contributed by atoms with Gasteiger partial charge in [0, 0.05) is 18.0 Å². The van der Waals surface area contributed by atoms with Crippen LogP contribution in [0.25, 0.3) is 33.2 Å². The fourth-order valence-corrected chi connectivity index (χ4v) is 7.24. The molecule has 1 atom stereocenters.